The number of amides is 1. The average Bonchev–Trinajstić information content (AvgIpc) is 3.11. The van der Waals surface area contributed by atoms with E-state index >= 15 is 0 Å². The van der Waals surface area contributed by atoms with Crippen LogP contribution in [0, 0.1) is 0 Å². The first-order valence-corrected chi connectivity index (χ1v) is 13.6. The number of H-pyrrole nitrogens is 1. The van der Waals surface area contributed by atoms with E-state index in [1.54, 1.807) is 0 Å². The van der Waals surface area contributed by atoms with Crippen LogP contribution in [0.1, 0.15) is 13.2 Å². The molecule has 7 N–H and O–H groups in total. The van der Waals surface area contributed by atoms with E-state index in [9.17, 15) is 58.5 Å². The van der Waals surface area contributed by atoms with Gasteiger partial charge in [0.1, 0.15) is 49.0 Å². The zero-order valence-corrected chi connectivity index (χ0v) is 27.5. The standard InChI is InChI=1S/C17H27N3O17P2.2Na/c1-7(23)18-8(4-21)15(12(26)9(24)5-22)36-39(33,37-38(30,31)32)34-6-10-13(27)14(28)16(35-10)20-3-2-11(25)19-17(20)29;;/h2-4,8-10,12-16,22,24,26-28H,5-6H2,1H3,(H,18,23)(H,19,25,29)(H2,30,31,32);;/q;2*+1/p-2/t8-,9+,10+,12-,13+,14+,15+,16+,39?;;/m0../s1. The number of aromatic amines is 1. The number of ether oxygens (including phenoxy) is 1. The Hall–Kier alpha value is -0.160. The Morgan fingerprint density at radius 2 is 1.85 bits per heavy atom. The van der Waals surface area contributed by atoms with Crippen molar-refractivity contribution in [2.24, 2.45) is 0 Å². The van der Waals surface area contributed by atoms with Gasteiger partial charge < -0.3 is 54.7 Å². The molecule has 0 aliphatic carbocycles. The number of carbonyl (C=O) groups excluding carboxylic acids is 2. The second-order valence-electron chi connectivity index (χ2n) is 8.01. The van der Waals surface area contributed by atoms with E-state index in [1.165, 1.54) is 0 Å². The summed E-state index contributed by atoms with van der Waals surface area (Å²) in [4.78, 5) is 70.6. The molecule has 1 amide bonds. The van der Waals surface area contributed by atoms with Crippen LogP contribution >= 0.6 is 15.6 Å². The number of nitrogens with zero attached hydrogens (tertiary/aromatic N) is 1. The van der Waals surface area contributed by atoms with Crippen molar-refractivity contribution < 1.29 is 131 Å². The Labute approximate surface area is 274 Å². The van der Waals surface area contributed by atoms with Crippen LogP contribution in [0.15, 0.2) is 21.9 Å². The van der Waals surface area contributed by atoms with Gasteiger partial charge in [-0.2, -0.15) is 0 Å². The van der Waals surface area contributed by atoms with Gasteiger partial charge in [0.05, 0.1) is 21.0 Å². The number of nitrogens with one attached hydrogen (secondary N) is 2. The number of aromatic nitrogens is 2. The number of hydrogen-bond donors (Lipinski definition) is 7. The maximum absolute atomic E-state index is 13.1. The van der Waals surface area contributed by atoms with E-state index in [0.29, 0.717) is 4.57 Å². The summed E-state index contributed by atoms with van der Waals surface area (Å²) in [5, 5.41) is 51.6. The molecule has 41 heavy (non-hydrogen) atoms. The fraction of sp³-hybridized carbons (Fsp3) is 0.647. The molecular weight excluding hydrogens is 626 g/mol. The molecule has 0 spiro atoms. The number of carbonyl (C=O) groups is 2. The number of rotatable bonds is 14. The summed E-state index contributed by atoms with van der Waals surface area (Å²) in [5.41, 5.74) is -1.86. The summed E-state index contributed by atoms with van der Waals surface area (Å²) in [6.07, 6.45) is -13.2. The zero-order chi connectivity index (χ0) is 29.7. The molecule has 1 unspecified atom stereocenters. The fourth-order valence-electron chi connectivity index (χ4n) is 3.33. The molecule has 1 aliphatic heterocycles. The van der Waals surface area contributed by atoms with E-state index in [0.717, 1.165) is 19.2 Å². The molecule has 20 nitrogen and oxygen atoms in total. The molecule has 9 atom stereocenters. The third-order valence-electron chi connectivity index (χ3n) is 5.10. The molecule has 2 rings (SSSR count). The molecule has 222 valence electrons. The first kappa shape index (κ1) is 40.8. The van der Waals surface area contributed by atoms with Gasteiger partial charge in [-0.3, -0.25) is 32.5 Å². The number of hydrogen-bond acceptors (Lipinski definition) is 17. The molecule has 0 aromatic carbocycles. The minimum atomic E-state index is -6.24. The van der Waals surface area contributed by atoms with Crippen molar-refractivity contribution in [2.75, 3.05) is 13.2 Å². The van der Waals surface area contributed by atoms with Gasteiger partial charge in [-0.05, 0) is 0 Å². The molecule has 1 aromatic heterocycles. The normalized spacial score (nSPS) is 25.0. The molecule has 24 heteroatoms. The van der Waals surface area contributed by atoms with Gasteiger partial charge in [0.2, 0.25) is 5.91 Å². The van der Waals surface area contributed by atoms with E-state index in [4.69, 9.17) is 18.9 Å². The van der Waals surface area contributed by atoms with Gasteiger partial charge in [-0.1, -0.05) is 0 Å². The van der Waals surface area contributed by atoms with Crippen LogP contribution in [0.5, 0.6) is 0 Å². The monoisotopic (exact) mass is 651 g/mol. The minimum absolute atomic E-state index is 0. The van der Waals surface area contributed by atoms with Crippen molar-refractivity contribution in [3.05, 3.63) is 33.1 Å². The fourth-order valence-corrected chi connectivity index (χ4v) is 5.60. The molecule has 1 aliphatic rings. The molecular formula is C17H25N3Na2O17P2. The number of phosphoric acid groups is 2. The first-order valence-electron chi connectivity index (χ1n) is 10.7. The second-order valence-corrected chi connectivity index (χ2v) is 10.9. The summed E-state index contributed by atoms with van der Waals surface area (Å²) in [5.74, 6) is -0.929. The van der Waals surface area contributed by atoms with E-state index in [2.05, 4.69) is 4.31 Å². The molecule has 1 aromatic rings. The molecule has 1 fully saturated rings. The summed E-state index contributed by atoms with van der Waals surface area (Å²) < 4.78 is 43.7. The second kappa shape index (κ2) is 17.4. The van der Waals surface area contributed by atoms with Crippen molar-refractivity contribution in [3.8, 4) is 0 Å². The van der Waals surface area contributed by atoms with Crippen LogP contribution in [0.4, 0.5) is 0 Å². The van der Waals surface area contributed by atoms with E-state index in [-0.39, 0.29) is 65.4 Å². The molecule has 1 saturated heterocycles. The largest absolute Gasteiger partial charge is 1.00 e. The van der Waals surface area contributed by atoms with Crippen LogP contribution in [0.3, 0.4) is 0 Å². The summed E-state index contributed by atoms with van der Waals surface area (Å²) >= 11 is 0. The Morgan fingerprint density at radius 3 is 2.34 bits per heavy atom. The molecule has 2 heterocycles. The van der Waals surface area contributed by atoms with Crippen LogP contribution < -0.4 is 85.5 Å². The van der Waals surface area contributed by atoms with Crippen LogP contribution in [-0.2, 0) is 36.8 Å². The van der Waals surface area contributed by atoms with Crippen molar-refractivity contribution in [1.29, 1.82) is 0 Å². The minimum Gasteiger partial charge on any atom is -0.789 e. The molecule has 0 bridgehead atoms. The number of aliphatic hydroxyl groups is 5. The topological polar surface area (TPSA) is 319 Å². The van der Waals surface area contributed by atoms with Gasteiger partial charge in [-0.15, -0.1) is 0 Å². The third kappa shape index (κ3) is 11.7. The average molecular weight is 651 g/mol. The van der Waals surface area contributed by atoms with Crippen molar-refractivity contribution in [2.45, 2.75) is 55.8 Å². The first-order chi connectivity index (χ1) is 18.0. The van der Waals surface area contributed by atoms with Crippen LogP contribution in [-0.4, -0.2) is 103 Å². The predicted molar refractivity (Wildman–Crippen MR) is 117 cm³/mol. The van der Waals surface area contributed by atoms with Gasteiger partial charge >= 0.3 is 72.6 Å². The summed E-state index contributed by atoms with van der Waals surface area (Å²) in [6.45, 7) is -1.47. The number of aliphatic hydroxyl groups excluding tert-OH is 5. The number of aldehydes is 1. The summed E-state index contributed by atoms with van der Waals surface area (Å²) in [6, 6.07) is -1.10. The van der Waals surface area contributed by atoms with E-state index < -0.39 is 94.9 Å². The Morgan fingerprint density at radius 1 is 1.24 bits per heavy atom. The maximum Gasteiger partial charge on any atom is 1.00 e. The van der Waals surface area contributed by atoms with Crippen LogP contribution in [0.25, 0.3) is 0 Å². The third-order valence-corrected chi connectivity index (χ3v) is 7.67. The predicted octanol–water partition coefficient (Wildman–Crippen LogP) is -12.1. The van der Waals surface area contributed by atoms with Gasteiger partial charge in [0, 0.05) is 19.2 Å². The van der Waals surface area contributed by atoms with Gasteiger partial charge in [-0.25, -0.2) is 9.36 Å². The van der Waals surface area contributed by atoms with Crippen molar-refractivity contribution >= 4 is 27.8 Å². The molecule has 0 saturated carbocycles. The molecule has 0 radical (unpaired) electrons. The Balaban J connectivity index is 0.00000800. The quantitative estimate of drug-likeness (QED) is 0.0558. The van der Waals surface area contributed by atoms with Gasteiger partial charge in [0.15, 0.2) is 6.23 Å². The summed E-state index contributed by atoms with van der Waals surface area (Å²) in [7, 11) is -12.0. The van der Waals surface area contributed by atoms with Crippen LogP contribution in [0.2, 0.25) is 0 Å². The van der Waals surface area contributed by atoms with Crippen molar-refractivity contribution in [1.82, 2.24) is 14.9 Å². The zero-order valence-electron chi connectivity index (χ0n) is 21.7. The maximum atomic E-state index is 13.1. The Bertz CT molecular complexity index is 1230. The Kier molecular flexibility index (Phi) is 17.3. The van der Waals surface area contributed by atoms with Crippen molar-refractivity contribution in [3.63, 3.8) is 0 Å². The SMILES string of the molecule is CC(=O)N[C@@H](C=O)[C@@H](OP(=O)(OC[C@H]1O[C@@H](n2ccc(=O)[nH]c2=O)[C@H](O)[C@@H]1O)OP(=O)([O-])[O-])[C@@H](O)[C@H](O)CO.[Na+].[Na+]. The van der Waals surface area contributed by atoms with E-state index in [1.807, 2.05) is 10.3 Å². The van der Waals surface area contributed by atoms with Gasteiger partial charge in [0.25, 0.3) is 5.56 Å². The smallest absolute Gasteiger partial charge is 0.789 e. The number of phosphoric ester groups is 1.